The Hall–Kier alpha value is -2.90. The number of amides is 2. The number of benzene rings is 1. The summed E-state index contributed by atoms with van der Waals surface area (Å²) in [5.74, 6) is -1.24. The van der Waals surface area contributed by atoms with Crippen LogP contribution in [0.3, 0.4) is 0 Å². The molecule has 0 aliphatic rings. The highest BCUT2D eigenvalue weighted by Crippen LogP contribution is 2.10. The first-order valence-corrected chi connectivity index (χ1v) is 7.20. The predicted molar refractivity (Wildman–Crippen MR) is 85.7 cm³/mol. The summed E-state index contributed by atoms with van der Waals surface area (Å²) in [7, 11) is 2.42. The molecule has 8 nitrogen and oxygen atoms in total. The summed E-state index contributed by atoms with van der Waals surface area (Å²) in [4.78, 5) is 46.0. The third-order valence-electron chi connectivity index (χ3n) is 3.21. The maximum Gasteiger partial charge on any atom is 0.328 e. The smallest absolute Gasteiger partial charge is 0.328 e. The molecule has 0 aliphatic carbocycles. The van der Waals surface area contributed by atoms with Gasteiger partial charge in [-0.05, 0) is 37.6 Å². The summed E-state index contributed by atoms with van der Waals surface area (Å²) in [6.07, 6.45) is 0.0138. The Morgan fingerprint density at radius 2 is 1.67 bits per heavy atom. The Morgan fingerprint density at radius 3 is 2.17 bits per heavy atom. The summed E-state index contributed by atoms with van der Waals surface area (Å²) in [5.41, 5.74) is 0.973. The molecule has 0 heterocycles. The maximum absolute atomic E-state index is 12.0. The van der Waals surface area contributed by atoms with Crippen LogP contribution in [0.5, 0.6) is 0 Å². The third kappa shape index (κ3) is 6.07. The number of esters is 2. The normalized spacial score (nSPS) is 11.1. The van der Waals surface area contributed by atoms with Crippen LogP contribution in [-0.2, 0) is 19.1 Å². The highest BCUT2D eigenvalue weighted by Gasteiger charge is 2.22. The van der Waals surface area contributed by atoms with E-state index in [4.69, 9.17) is 0 Å². The van der Waals surface area contributed by atoms with Gasteiger partial charge in [0.15, 0.2) is 5.78 Å². The van der Waals surface area contributed by atoms with Crippen molar-refractivity contribution in [3.63, 3.8) is 0 Å². The molecule has 1 atom stereocenters. The number of nitrogens with one attached hydrogen (secondary N) is 2. The van der Waals surface area contributed by atoms with E-state index >= 15 is 0 Å². The number of rotatable bonds is 7. The topological polar surface area (TPSA) is 111 Å². The second-order valence-electron chi connectivity index (χ2n) is 4.92. The van der Waals surface area contributed by atoms with Gasteiger partial charge >= 0.3 is 18.0 Å². The molecule has 1 rings (SSSR count). The monoisotopic (exact) mass is 336 g/mol. The summed E-state index contributed by atoms with van der Waals surface area (Å²) >= 11 is 0. The minimum absolute atomic E-state index is 0.0378. The molecule has 0 spiro atoms. The molecule has 0 saturated heterocycles. The Morgan fingerprint density at radius 1 is 1.04 bits per heavy atom. The summed E-state index contributed by atoms with van der Waals surface area (Å²) < 4.78 is 9.10. The number of carbonyl (C=O) groups excluding carboxylic acids is 4. The predicted octanol–water partition coefficient (Wildman–Crippen LogP) is 1.51. The molecule has 0 saturated carbocycles. The van der Waals surface area contributed by atoms with Crippen LogP contribution in [0.4, 0.5) is 10.5 Å². The molecule has 0 unspecified atom stereocenters. The molecule has 8 heteroatoms. The van der Waals surface area contributed by atoms with Crippen molar-refractivity contribution in [1.29, 1.82) is 0 Å². The number of Topliss-reactive ketones (excluding diaryl/α,β-unsaturated/α-hetero) is 1. The van der Waals surface area contributed by atoms with Crippen LogP contribution in [0.25, 0.3) is 0 Å². The lowest BCUT2D eigenvalue weighted by atomic mass is 10.1. The Balaban J connectivity index is 2.64. The number of methoxy groups -OCH3 is 2. The van der Waals surface area contributed by atoms with Crippen LogP contribution in [0.2, 0.25) is 0 Å². The van der Waals surface area contributed by atoms with Crippen LogP contribution in [0, 0.1) is 0 Å². The molecule has 1 aromatic rings. The SMILES string of the molecule is COC(=O)CC[C@H](NC(=O)Nc1ccc(C(C)=O)cc1)C(=O)OC. The number of anilines is 1. The van der Waals surface area contributed by atoms with Gasteiger partial charge in [-0.15, -0.1) is 0 Å². The molecule has 0 aromatic heterocycles. The maximum atomic E-state index is 12.0. The van der Waals surface area contributed by atoms with Gasteiger partial charge in [0.25, 0.3) is 0 Å². The largest absolute Gasteiger partial charge is 0.469 e. The highest BCUT2D eigenvalue weighted by atomic mass is 16.5. The zero-order valence-electron chi connectivity index (χ0n) is 13.8. The number of hydrogen-bond acceptors (Lipinski definition) is 6. The van der Waals surface area contributed by atoms with Gasteiger partial charge in [-0.25, -0.2) is 9.59 Å². The van der Waals surface area contributed by atoms with Gasteiger partial charge in [0.1, 0.15) is 6.04 Å². The molecular formula is C16H20N2O6. The van der Waals surface area contributed by atoms with E-state index in [2.05, 4.69) is 20.1 Å². The first-order valence-electron chi connectivity index (χ1n) is 7.20. The fourth-order valence-electron chi connectivity index (χ4n) is 1.87. The summed E-state index contributed by atoms with van der Waals surface area (Å²) in [6, 6.07) is 4.67. The third-order valence-corrected chi connectivity index (χ3v) is 3.21. The van der Waals surface area contributed by atoms with E-state index in [1.165, 1.54) is 21.1 Å². The van der Waals surface area contributed by atoms with Crippen LogP contribution >= 0.6 is 0 Å². The van der Waals surface area contributed by atoms with Crippen molar-refractivity contribution in [3.8, 4) is 0 Å². The van der Waals surface area contributed by atoms with E-state index in [0.29, 0.717) is 11.3 Å². The second kappa shape index (κ2) is 9.29. The Bertz CT molecular complexity index is 611. The zero-order valence-corrected chi connectivity index (χ0v) is 13.8. The highest BCUT2D eigenvalue weighted by molar-refractivity contribution is 5.96. The van der Waals surface area contributed by atoms with E-state index in [0.717, 1.165) is 0 Å². The lowest BCUT2D eigenvalue weighted by Gasteiger charge is -2.16. The molecule has 0 radical (unpaired) electrons. The lowest BCUT2D eigenvalue weighted by molar-refractivity contribution is -0.144. The average molecular weight is 336 g/mol. The molecule has 2 amide bonds. The van der Waals surface area contributed by atoms with Gasteiger partial charge in [0, 0.05) is 17.7 Å². The van der Waals surface area contributed by atoms with E-state index < -0.39 is 24.0 Å². The molecular weight excluding hydrogens is 316 g/mol. The van der Waals surface area contributed by atoms with Crippen molar-refractivity contribution in [1.82, 2.24) is 5.32 Å². The van der Waals surface area contributed by atoms with E-state index in [-0.39, 0.29) is 18.6 Å². The minimum atomic E-state index is -0.981. The first-order chi connectivity index (χ1) is 11.4. The number of ketones is 1. The Labute approximate surface area is 139 Å². The summed E-state index contributed by atoms with van der Waals surface area (Å²) in [5, 5.41) is 4.97. The average Bonchev–Trinajstić information content (AvgIpc) is 2.57. The molecule has 2 N–H and O–H groups in total. The molecule has 1 aromatic carbocycles. The fourth-order valence-corrected chi connectivity index (χ4v) is 1.87. The molecule has 0 bridgehead atoms. The van der Waals surface area contributed by atoms with Crippen molar-refractivity contribution in [2.45, 2.75) is 25.8 Å². The standard InChI is InChI=1S/C16H20N2O6/c1-10(19)11-4-6-12(7-5-11)17-16(22)18-13(15(21)24-3)8-9-14(20)23-2/h4-7,13H,8-9H2,1-3H3,(H2,17,18,22)/t13-/m0/s1. The van der Waals surface area contributed by atoms with Gasteiger partial charge in [0.05, 0.1) is 14.2 Å². The van der Waals surface area contributed by atoms with Crippen molar-refractivity contribution >= 4 is 29.4 Å². The van der Waals surface area contributed by atoms with E-state index in [9.17, 15) is 19.2 Å². The first kappa shape index (κ1) is 19.1. The van der Waals surface area contributed by atoms with Gasteiger partial charge in [0.2, 0.25) is 0 Å². The van der Waals surface area contributed by atoms with E-state index in [1.54, 1.807) is 24.3 Å². The van der Waals surface area contributed by atoms with Crippen molar-refractivity contribution in [3.05, 3.63) is 29.8 Å². The van der Waals surface area contributed by atoms with Gasteiger partial charge in [-0.2, -0.15) is 0 Å². The van der Waals surface area contributed by atoms with Crippen molar-refractivity contribution < 1.29 is 28.7 Å². The zero-order chi connectivity index (χ0) is 18.1. The number of ether oxygens (including phenoxy) is 2. The summed E-state index contributed by atoms with van der Waals surface area (Å²) in [6.45, 7) is 1.44. The van der Waals surface area contributed by atoms with Gasteiger partial charge in [-0.1, -0.05) is 0 Å². The molecule has 0 aliphatic heterocycles. The van der Waals surface area contributed by atoms with E-state index in [1.807, 2.05) is 0 Å². The molecule has 0 fully saturated rings. The second-order valence-corrected chi connectivity index (χ2v) is 4.92. The Kier molecular flexibility index (Phi) is 7.41. The lowest BCUT2D eigenvalue weighted by Crippen LogP contribution is -2.43. The quantitative estimate of drug-likeness (QED) is 0.577. The van der Waals surface area contributed by atoms with Crippen LogP contribution in [0.15, 0.2) is 24.3 Å². The van der Waals surface area contributed by atoms with Gasteiger partial charge in [-0.3, -0.25) is 9.59 Å². The number of urea groups is 1. The molecule has 130 valence electrons. The molecule has 24 heavy (non-hydrogen) atoms. The van der Waals surface area contributed by atoms with Crippen molar-refractivity contribution in [2.75, 3.05) is 19.5 Å². The number of carbonyl (C=O) groups is 4. The van der Waals surface area contributed by atoms with Crippen LogP contribution in [0.1, 0.15) is 30.1 Å². The van der Waals surface area contributed by atoms with Gasteiger partial charge < -0.3 is 20.1 Å². The minimum Gasteiger partial charge on any atom is -0.469 e. The van der Waals surface area contributed by atoms with Crippen LogP contribution in [-0.4, -0.2) is 44.0 Å². The van der Waals surface area contributed by atoms with Crippen molar-refractivity contribution in [2.24, 2.45) is 0 Å². The van der Waals surface area contributed by atoms with Crippen LogP contribution < -0.4 is 10.6 Å². The fraction of sp³-hybridized carbons (Fsp3) is 0.375. The number of hydrogen-bond donors (Lipinski definition) is 2.